The third kappa shape index (κ3) is 2.06. The van der Waals surface area contributed by atoms with Crippen LogP contribution >= 0.6 is 0 Å². The summed E-state index contributed by atoms with van der Waals surface area (Å²) in [5.41, 5.74) is 2.65. The highest BCUT2D eigenvalue weighted by molar-refractivity contribution is 5.39. The van der Waals surface area contributed by atoms with Gasteiger partial charge >= 0.3 is 6.08 Å². The number of rotatable bonds is 3. The summed E-state index contributed by atoms with van der Waals surface area (Å²) >= 11 is 0. The molecule has 1 aromatic heterocycles. The molecule has 0 saturated heterocycles. The number of oxazole rings is 1. The normalized spacial score (nSPS) is 10.4. The molecule has 0 aliphatic carbocycles. The van der Waals surface area contributed by atoms with Gasteiger partial charge in [-0.1, -0.05) is 12.1 Å². The Kier molecular flexibility index (Phi) is 2.92. The van der Waals surface area contributed by atoms with Crippen molar-refractivity contribution in [3.8, 4) is 11.8 Å². The lowest BCUT2D eigenvalue weighted by atomic mass is 10.1. The molecular formula is C12H13NO3. The van der Waals surface area contributed by atoms with Crippen molar-refractivity contribution in [1.82, 2.24) is 4.98 Å². The van der Waals surface area contributed by atoms with E-state index < -0.39 is 0 Å². The zero-order chi connectivity index (χ0) is 11.5. The van der Waals surface area contributed by atoms with Crippen LogP contribution in [0.4, 0.5) is 0 Å². The molecule has 0 aliphatic rings. The van der Waals surface area contributed by atoms with Crippen LogP contribution in [0.2, 0.25) is 0 Å². The summed E-state index contributed by atoms with van der Waals surface area (Å²) in [6.45, 7) is 3.83. The van der Waals surface area contributed by atoms with Gasteiger partial charge in [-0.2, -0.15) is 4.98 Å². The first kappa shape index (κ1) is 10.7. The summed E-state index contributed by atoms with van der Waals surface area (Å²) in [6, 6.07) is 5.77. The van der Waals surface area contributed by atoms with Crippen LogP contribution in [0.1, 0.15) is 16.8 Å². The van der Waals surface area contributed by atoms with Gasteiger partial charge in [-0.05, 0) is 31.0 Å². The van der Waals surface area contributed by atoms with E-state index >= 15 is 0 Å². The number of hydrogen-bond donors (Lipinski definition) is 1. The first-order valence-electron chi connectivity index (χ1n) is 5.00. The summed E-state index contributed by atoms with van der Waals surface area (Å²) < 4.78 is 10.5. The topological polar surface area (TPSA) is 55.5 Å². The molecule has 0 unspecified atom stereocenters. The van der Waals surface area contributed by atoms with E-state index in [2.05, 4.69) is 4.98 Å². The Labute approximate surface area is 93.5 Å². The van der Waals surface area contributed by atoms with Crippen LogP contribution in [0.5, 0.6) is 11.8 Å². The van der Waals surface area contributed by atoms with Crippen molar-refractivity contribution in [2.45, 2.75) is 20.5 Å². The van der Waals surface area contributed by atoms with Crippen LogP contribution in [0.3, 0.4) is 0 Å². The van der Waals surface area contributed by atoms with Crippen LogP contribution in [0, 0.1) is 13.8 Å². The number of aliphatic hydroxyl groups is 1. The minimum Gasteiger partial charge on any atom is -0.417 e. The molecule has 0 aliphatic heterocycles. The molecule has 2 aromatic rings. The molecule has 1 aromatic carbocycles. The van der Waals surface area contributed by atoms with Crippen molar-refractivity contribution in [3.05, 3.63) is 41.3 Å². The monoisotopic (exact) mass is 219 g/mol. The van der Waals surface area contributed by atoms with Gasteiger partial charge in [0.15, 0.2) is 0 Å². The number of benzene rings is 1. The maximum atomic E-state index is 8.84. The molecule has 84 valence electrons. The zero-order valence-corrected chi connectivity index (χ0v) is 9.23. The van der Waals surface area contributed by atoms with Gasteiger partial charge in [-0.15, -0.1) is 0 Å². The van der Waals surface area contributed by atoms with Crippen molar-refractivity contribution in [1.29, 1.82) is 0 Å². The highest BCUT2D eigenvalue weighted by Gasteiger charge is 2.08. The molecule has 2 rings (SSSR count). The van der Waals surface area contributed by atoms with E-state index in [9.17, 15) is 0 Å². The molecule has 0 radical (unpaired) electrons. The fourth-order valence-electron chi connectivity index (χ4n) is 1.34. The quantitative estimate of drug-likeness (QED) is 0.862. The number of aryl methyl sites for hydroxylation is 1. The van der Waals surface area contributed by atoms with E-state index in [-0.39, 0.29) is 12.7 Å². The lowest BCUT2D eigenvalue weighted by Gasteiger charge is -2.06. The van der Waals surface area contributed by atoms with Crippen molar-refractivity contribution in [2.24, 2.45) is 0 Å². The Hall–Kier alpha value is -1.81. The summed E-state index contributed by atoms with van der Waals surface area (Å²) in [6.07, 6.45) is 1.53. The van der Waals surface area contributed by atoms with E-state index in [4.69, 9.17) is 14.3 Å². The minimum absolute atomic E-state index is 0.151. The fraction of sp³-hybridized carbons (Fsp3) is 0.250. The van der Waals surface area contributed by atoms with Crippen LogP contribution in [0.25, 0.3) is 0 Å². The number of ether oxygens (including phenoxy) is 1. The van der Waals surface area contributed by atoms with Gasteiger partial charge in [0.2, 0.25) is 0 Å². The van der Waals surface area contributed by atoms with Gasteiger partial charge in [0.05, 0.1) is 6.61 Å². The molecule has 16 heavy (non-hydrogen) atoms. The van der Waals surface area contributed by atoms with Gasteiger partial charge in [-0.3, -0.25) is 0 Å². The average molecular weight is 219 g/mol. The highest BCUT2D eigenvalue weighted by atomic mass is 16.6. The van der Waals surface area contributed by atoms with Gasteiger partial charge in [0, 0.05) is 0 Å². The molecule has 0 saturated carbocycles. The average Bonchev–Trinajstić information content (AvgIpc) is 2.73. The molecule has 4 heteroatoms. The first-order chi connectivity index (χ1) is 7.70. The minimum atomic E-state index is -0.153. The maximum Gasteiger partial charge on any atom is 0.399 e. The van der Waals surface area contributed by atoms with E-state index in [0.717, 1.165) is 11.1 Å². The van der Waals surface area contributed by atoms with Crippen molar-refractivity contribution in [3.63, 3.8) is 0 Å². The predicted octanol–water partition coefficient (Wildman–Crippen LogP) is 2.58. The largest absolute Gasteiger partial charge is 0.417 e. The van der Waals surface area contributed by atoms with Crippen LogP contribution in [0.15, 0.2) is 28.9 Å². The summed E-state index contributed by atoms with van der Waals surface area (Å²) in [7, 11) is 0. The second-order valence-corrected chi connectivity index (χ2v) is 3.56. The number of aromatic nitrogens is 1. The summed E-state index contributed by atoms with van der Waals surface area (Å²) in [5, 5.41) is 8.84. The smallest absolute Gasteiger partial charge is 0.399 e. The molecule has 0 spiro atoms. The third-order valence-corrected chi connectivity index (χ3v) is 2.44. The standard InChI is InChI=1S/C12H13NO3/c1-8-4-3-5-11(9(8)2)16-12-13-10(6-14)7-15-12/h3-5,7,14H,6H2,1-2H3. The van der Waals surface area contributed by atoms with Gasteiger partial charge in [0.25, 0.3) is 0 Å². The molecule has 1 N–H and O–H groups in total. The third-order valence-electron chi connectivity index (χ3n) is 2.44. The number of hydrogen-bond acceptors (Lipinski definition) is 4. The predicted molar refractivity (Wildman–Crippen MR) is 58.4 cm³/mol. The van der Waals surface area contributed by atoms with Crippen LogP contribution < -0.4 is 4.74 Å². The highest BCUT2D eigenvalue weighted by Crippen LogP contribution is 2.26. The van der Waals surface area contributed by atoms with Crippen LogP contribution in [-0.4, -0.2) is 10.1 Å². The Morgan fingerprint density at radius 2 is 2.19 bits per heavy atom. The lowest BCUT2D eigenvalue weighted by Crippen LogP contribution is -1.90. The summed E-state index contributed by atoms with van der Waals surface area (Å²) in [5.74, 6) is 0.714. The Bertz CT molecular complexity index is 491. The van der Waals surface area contributed by atoms with E-state index in [1.807, 2.05) is 32.0 Å². The van der Waals surface area contributed by atoms with Gasteiger partial charge < -0.3 is 14.3 Å². The molecule has 0 atom stereocenters. The Morgan fingerprint density at radius 1 is 1.38 bits per heavy atom. The molecule has 0 amide bonds. The molecule has 4 nitrogen and oxygen atoms in total. The second-order valence-electron chi connectivity index (χ2n) is 3.56. The van der Waals surface area contributed by atoms with E-state index in [1.54, 1.807) is 0 Å². The van der Waals surface area contributed by atoms with Crippen molar-refractivity contribution >= 4 is 0 Å². The van der Waals surface area contributed by atoms with Crippen molar-refractivity contribution in [2.75, 3.05) is 0 Å². The fourth-order valence-corrected chi connectivity index (χ4v) is 1.34. The van der Waals surface area contributed by atoms with E-state index in [0.29, 0.717) is 11.4 Å². The second kappa shape index (κ2) is 4.37. The van der Waals surface area contributed by atoms with E-state index in [1.165, 1.54) is 6.26 Å². The Morgan fingerprint density at radius 3 is 2.88 bits per heavy atom. The van der Waals surface area contributed by atoms with Gasteiger partial charge in [-0.25, -0.2) is 0 Å². The summed E-state index contributed by atoms with van der Waals surface area (Å²) in [4.78, 5) is 3.96. The Balaban J connectivity index is 2.23. The maximum absolute atomic E-state index is 8.84. The molecular weight excluding hydrogens is 206 g/mol. The van der Waals surface area contributed by atoms with Gasteiger partial charge in [0.1, 0.15) is 17.7 Å². The van der Waals surface area contributed by atoms with Crippen LogP contribution in [-0.2, 0) is 6.61 Å². The zero-order valence-electron chi connectivity index (χ0n) is 9.23. The molecule has 0 bridgehead atoms. The molecule has 1 heterocycles. The SMILES string of the molecule is Cc1cccc(Oc2nc(CO)co2)c1C. The van der Waals surface area contributed by atoms with Crippen molar-refractivity contribution < 1.29 is 14.3 Å². The molecule has 0 fully saturated rings. The lowest BCUT2D eigenvalue weighted by molar-refractivity contribution is 0.276. The number of aliphatic hydroxyl groups excluding tert-OH is 1. The number of nitrogens with zero attached hydrogens (tertiary/aromatic N) is 1. The first-order valence-corrected chi connectivity index (χ1v) is 5.00.